The molecule has 1 aromatic rings. The van der Waals surface area contributed by atoms with Gasteiger partial charge in [0, 0.05) is 12.7 Å². The summed E-state index contributed by atoms with van der Waals surface area (Å²) in [5.74, 6) is -0.604. The number of hydrogen-bond acceptors (Lipinski definition) is 5. The second-order valence-electron chi connectivity index (χ2n) is 5.32. The first-order valence-electron chi connectivity index (χ1n) is 6.87. The maximum absolute atomic E-state index is 12.6. The molecule has 1 atom stereocenters. The highest BCUT2D eigenvalue weighted by Gasteiger charge is 2.31. The second kappa shape index (κ2) is 6.17. The third kappa shape index (κ3) is 3.36. The molecule has 0 aliphatic carbocycles. The predicted octanol–water partition coefficient (Wildman–Crippen LogP) is 0.834. The van der Waals surface area contributed by atoms with Gasteiger partial charge in [0.05, 0.1) is 24.4 Å². The number of aliphatic carboxylic acids is 1. The fourth-order valence-electron chi connectivity index (χ4n) is 2.25. The molecule has 2 heterocycles. The molecular weight excluding hydrogens is 274 g/mol. The lowest BCUT2D eigenvalue weighted by Crippen LogP contribution is -2.48. The first kappa shape index (κ1) is 15.4. The van der Waals surface area contributed by atoms with Crippen molar-refractivity contribution < 1.29 is 19.4 Å². The van der Waals surface area contributed by atoms with E-state index in [9.17, 15) is 9.59 Å². The third-order valence-corrected chi connectivity index (χ3v) is 3.35. The van der Waals surface area contributed by atoms with Crippen LogP contribution in [0.15, 0.2) is 6.20 Å². The van der Waals surface area contributed by atoms with Gasteiger partial charge in [-0.3, -0.25) is 4.79 Å². The quantitative estimate of drug-likeness (QED) is 0.887. The van der Waals surface area contributed by atoms with Gasteiger partial charge in [-0.05, 0) is 12.8 Å². The Morgan fingerprint density at radius 3 is 2.81 bits per heavy atom. The molecule has 0 aromatic carbocycles. The Hall–Kier alpha value is -2.02. The molecule has 2 rings (SSSR count). The van der Waals surface area contributed by atoms with Crippen LogP contribution in [0.3, 0.4) is 0 Å². The predicted molar refractivity (Wildman–Crippen MR) is 74.1 cm³/mol. The molecule has 0 unspecified atom stereocenters. The summed E-state index contributed by atoms with van der Waals surface area (Å²) in [6.07, 6.45) is 0.544. The first-order valence-corrected chi connectivity index (χ1v) is 6.87. The van der Waals surface area contributed by atoms with Gasteiger partial charge in [0.1, 0.15) is 5.82 Å². The molecule has 21 heavy (non-hydrogen) atoms. The Balaban J connectivity index is 2.25. The van der Waals surface area contributed by atoms with Crippen LogP contribution in [-0.2, 0) is 9.53 Å². The largest absolute Gasteiger partial charge is 0.479 e. The van der Waals surface area contributed by atoms with E-state index in [2.05, 4.69) is 9.97 Å². The van der Waals surface area contributed by atoms with Gasteiger partial charge in [0.25, 0.3) is 5.91 Å². The summed E-state index contributed by atoms with van der Waals surface area (Å²) in [7, 11) is 0. The molecule has 1 aliphatic rings. The number of rotatable bonds is 3. The summed E-state index contributed by atoms with van der Waals surface area (Å²) < 4.78 is 5.13. The van der Waals surface area contributed by atoms with Crippen molar-refractivity contribution in [2.24, 2.45) is 0 Å². The summed E-state index contributed by atoms with van der Waals surface area (Å²) in [4.78, 5) is 33.5. The second-order valence-corrected chi connectivity index (χ2v) is 5.32. The molecule has 1 N–H and O–H groups in total. The van der Waals surface area contributed by atoms with Crippen molar-refractivity contribution in [3.63, 3.8) is 0 Å². The van der Waals surface area contributed by atoms with E-state index in [0.29, 0.717) is 23.6 Å². The zero-order valence-corrected chi connectivity index (χ0v) is 12.4. The molecule has 1 saturated heterocycles. The van der Waals surface area contributed by atoms with Crippen molar-refractivity contribution in [3.05, 3.63) is 23.3 Å². The molecule has 7 nitrogen and oxygen atoms in total. The van der Waals surface area contributed by atoms with Crippen LogP contribution < -0.4 is 0 Å². The number of carbonyl (C=O) groups excluding carboxylic acids is 1. The Bertz CT molecular complexity index is 559. The van der Waals surface area contributed by atoms with E-state index in [0.717, 1.165) is 0 Å². The van der Waals surface area contributed by atoms with Crippen LogP contribution in [0.2, 0.25) is 0 Å². The molecule has 0 saturated carbocycles. The zero-order valence-electron chi connectivity index (χ0n) is 12.4. The average Bonchev–Trinajstić information content (AvgIpc) is 2.46. The number of ether oxygens (including phenoxy) is 1. The molecule has 1 aliphatic heterocycles. The molecule has 7 heteroatoms. The highest BCUT2D eigenvalue weighted by Crippen LogP contribution is 2.19. The number of hydrogen-bond donors (Lipinski definition) is 1. The van der Waals surface area contributed by atoms with Gasteiger partial charge in [-0.25, -0.2) is 14.8 Å². The third-order valence-electron chi connectivity index (χ3n) is 3.35. The molecule has 114 valence electrons. The maximum atomic E-state index is 12.6. The Morgan fingerprint density at radius 2 is 2.19 bits per heavy atom. The Kier molecular flexibility index (Phi) is 4.52. The molecular formula is C14H19N3O4. The summed E-state index contributed by atoms with van der Waals surface area (Å²) in [5.41, 5.74) is 1.12. The van der Waals surface area contributed by atoms with E-state index < -0.39 is 12.1 Å². The van der Waals surface area contributed by atoms with E-state index >= 15 is 0 Å². The minimum absolute atomic E-state index is 0.0412. The van der Waals surface area contributed by atoms with Crippen LogP contribution >= 0.6 is 0 Å². The summed E-state index contributed by atoms with van der Waals surface area (Å²) >= 11 is 0. The summed E-state index contributed by atoms with van der Waals surface area (Å²) in [5, 5.41) is 9.00. The van der Waals surface area contributed by atoms with Crippen LogP contribution in [0, 0.1) is 6.92 Å². The first-order chi connectivity index (χ1) is 9.90. The summed E-state index contributed by atoms with van der Waals surface area (Å²) in [6.45, 7) is 6.31. The van der Waals surface area contributed by atoms with Crippen molar-refractivity contribution in [3.8, 4) is 0 Å². The molecule has 1 aromatic heterocycles. The highest BCUT2D eigenvalue weighted by molar-refractivity contribution is 5.95. The van der Waals surface area contributed by atoms with E-state index in [-0.39, 0.29) is 25.0 Å². The number of carboxylic acids is 1. The van der Waals surface area contributed by atoms with Gasteiger partial charge in [-0.2, -0.15) is 0 Å². The van der Waals surface area contributed by atoms with Crippen molar-refractivity contribution in [2.75, 3.05) is 19.7 Å². The number of carboxylic acid groups (broad SMARTS) is 1. The Morgan fingerprint density at radius 1 is 1.48 bits per heavy atom. The van der Waals surface area contributed by atoms with E-state index in [4.69, 9.17) is 9.84 Å². The van der Waals surface area contributed by atoms with Crippen molar-refractivity contribution in [2.45, 2.75) is 32.8 Å². The number of aromatic nitrogens is 2. The van der Waals surface area contributed by atoms with Crippen molar-refractivity contribution >= 4 is 11.9 Å². The van der Waals surface area contributed by atoms with Crippen molar-refractivity contribution in [1.82, 2.24) is 14.9 Å². The smallest absolute Gasteiger partial charge is 0.334 e. The lowest BCUT2D eigenvalue weighted by molar-refractivity contribution is -0.154. The van der Waals surface area contributed by atoms with E-state index in [1.807, 2.05) is 13.8 Å². The maximum Gasteiger partial charge on any atom is 0.334 e. The monoisotopic (exact) mass is 293 g/mol. The number of carbonyl (C=O) groups is 2. The van der Waals surface area contributed by atoms with Crippen LogP contribution in [0.1, 0.15) is 41.6 Å². The normalized spacial score (nSPS) is 18.9. The van der Waals surface area contributed by atoms with Crippen LogP contribution in [-0.4, -0.2) is 57.7 Å². The molecule has 0 bridgehead atoms. The van der Waals surface area contributed by atoms with Gasteiger partial charge in [-0.1, -0.05) is 13.8 Å². The fraction of sp³-hybridized carbons (Fsp3) is 0.571. The SMILES string of the molecule is Cc1ncc(C(=O)N2CCO[C@@H](C(=O)O)C2)c(C(C)C)n1. The van der Waals surface area contributed by atoms with Gasteiger partial charge >= 0.3 is 5.97 Å². The molecule has 1 amide bonds. The van der Waals surface area contributed by atoms with Gasteiger partial charge in [-0.15, -0.1) is 0 Å². The van der Waals surface area contributed by atoms with Crippen LogP contribution in [0.5, 0.6) is 0 Å². The van der Waals surface area contributed by atoms with Crippen molar-refractivity contribution in [1.29, 1.82) is 0 Å². The molecule has 1 fully saturated rings. The minimum Gasteiger partial charge on any atom is -0.479 e. The minimum atomic E-state index is -1.06. The highest BCUT2D eigenvalue weighted by atomic mass is 16.5. The number of amides is 1. The number of morpholine rings is 1. The van der Waals surface area contributed by atoms with Gasteiger partial charge < -0.3 is 14.7 Å². The standard InChI is InChI=1S/C14H19N3O4/c1-8(2)12-10(6-15-9(3)16-12)13(18)17-4-5-21-11(7-17)14(19)20/h6,8,11H,4-5,7H2,1-3H3,(H,19,20)/t11-/m1/s1. The summed E-state index contributed by atoms with van der Waals surface area (Å²) in [6, 6.07) is 0. The van der Waals surface area contributed by atoms with Crippen LogP contribution in [0.4, 0.5) is 0 Å². The van der Waals surface area contributed by atoms with Gasteiger partial charge in [0.2, 0.25) is 0 Å². The molecule has 0 radical (unpaired) electrons. The Labute approximate surface area is 123 Å². The topological polar surface area (TPSA) is 92.6 Å². The molecule has 0 spiro atoms. The number of nitrogens with zero attached hydrogens (tertiary/aromatic N) is 3. The van der Waals surface area contributed by atoms with E-state index in [1.165, 1.54) is 11.1 Å². The van der Waals surface area contributed by atoms with Gasteiger partial charge in [0.15, 0.2) is 6.10 Å². The fourth-order valence-corrected chi connectivity index (χ4v) is 2.25. The average molecular weight is 293 g/mol. The zero-order chi connectivity index (χ0) is 15.6. The lowest BCUT2D eigenvalue weighted by atomic mass is 10.0. The number of aryl methyl sites for hydroxylation is 1. The van der Waals surface area contributed by atoms with E-state index in [1.54, 1.807) is 6.92 Å². The van der Waals surface area contributed by atoms with Crippen LogP contribution in [0.25, 0.3) is 0 Å². The lowest BCUT2D eigenvalue weighted by Gasteiger charge is -2.31.